The maximum atomic E-state index is 12.9. The number of nitrogens with zero attached hydrogens (tertiary/aromatic N) is 3. The van der Waals surface area contributed by atoms with Gasteiger partial charge in [0.2, 0.25) is 0 Å². The van der Waals surface area contributed by atoms with Crippen LogP contribution in [0.1, 0.15) is 39.8 Å². The molecule has 29 heavy (non-hydrogen) atoms. The molecule has 5 nitrogen and oxygen atoms in total. The van der Waals surface area contributed by atoms with E-state index in [1.165, 1.54) is 12.1 Å². The SMILES string of the molecule is O=C(c1csc(C2CCNCC2)n1)N1CCN(c2cccc(C(F)(F)F)c2)CC1. The lowest BCUT2D eigenvalue weighted by molar-refractivity contribution is -0.137. The van der Waals surface area contributed by atoms with E-state index >= 15 is 0 Å². The Morgan fingerprint density at radius 1 is 1.14 bits per heavy atom. The van der Waals surface area contributed by atoms with Crippen LogP contribution in [-0.2, 0) is 6.18 Å². The molecule has 2 aromatic rings. The monoisotopic (exact) mass is 424 g/mol. The van der Waals surface area contributed by atoms with Crippen LogP contribution in [0, 0.1) is 0 Å². The molecule has 0 atom stereocenters. The average Bonchev–Trinajstić information content (AvgIpc) is 3.24. The van der Waals surface area contributed by atoms with Gasteiger partial charge in [0.25, 0.3) is 5.91 Å². The number of piperazine rings is 1. The van der Waals surface area contributed by atoms with Gasteiger partial charge in [-0.3, -0.25) is 4.79 Å². The Balaban J connectivity index is 1.37. The van der Waals surface area contributed by atoms with E-state index in [1.54, 1.807) is 22.3 Å². The topological polar surface area (TPSA) is 48.5 Å². The van der Waals surface area contributed by atoms with Crippen molar-refractivity contribution in [2.45, 2.75) is 24.9 Å². The molecule has 2 fully saturated rings. The van der Waals surface area contributed by atoms with Crippen LogP contribution in [0.4, 0.5) is 18.9 Å². The van der Waals surface area contributed by atoms with E-state index in [1.807, 2.05) is 10.3 Å². The van der Waals surface area contributed by atoms with Crippen molar-refractivity contribution in [3.63, 3.8) is 0 Å². The molecule has 1 amide bonds. The van der Waals surface area contributed by atoms with Crippen LogP contribution >= 0.6 is 11.3 Å². The Kier molecular flexibility index (Phi) is 5.78. The van der Waals surface area contributed by atoms with Gasteiger partial charge in [-0.25, -0.2) is 4.98 Å². The lowest BCUT2D eigenvalue weighted by Crippen LogP contribution is -2.49. The van der Waals surface area contributed by atoms with Crippen molar-refractivity contribution in [3.8, 4) is 0 Å². The molecule has 0 radical (unpaired) electrons. The molecule has 4 rings (SSSR count). The number of thiazole rings is 1. The molecule has 0 aliphatic carbocycles. The van der Waals surface area contributed by atoms with E-state index in [0.29, 0.717) is 43.5 Å². The molecule has 0 spiro atoms. The van der Waals surface area contributed by atoms with E-state index in [2.05, 4.69) is 10.3 Å². The minimum Gasteiger partial charge on any atom is -0.368 e. The van der Waals surface area contributed by atoms with Crippen molar-refractivity contribution in [2.75, 3.05) is 44.2 Å². The fourth-order valence-corrected chi connectivity index (χ4v) is 4.82. The summed E-state index contributed by atoms with van der Waals surface area (Å²) in [4.78, 5) is 21.0. The van der Waals surface area contributed by atoms with Gasteiger partial charge < -0.3 is 15.1 Å². The Morgan fingerprint density at radius 2 is 1.86 bits per heavy atom. The third-order valence-corrected chi connectivity index (χ3v) is 6.54. The smallest absolute Gasteiger partial charge is 0.368 e. The minimum absolute atomic E-state index is 0.0925. The van der Waals surface area contributed by atoms with Crippen molar-refractivity contribution >= 4 is 22.9 Å². The van der Waals surface area contributed by atoms with Gasteiger partial charge in [0.1, 0.15) is 5.69 Å². The first kappa shape index (κ1) is 20.2. The van der Waals surface area contributed by atoms with Gasteiger partial charge in [-0.15, -0.1) is 11.3 Å². The molecular formula is C20H23F3N4OS. The number of rotatable bonds is 3. The quantitative estimate of drug-likeness (QED) is 0.818. The summed E-state index contributed by atoms with van der Waals surface area (Å²) in [5.74, 6) is 0.325. The van der Waals surface area contributed by atoms with Crippen molar-refractivity contribution in [1.29, 1.82) is 0 Å². The summed E-state index contributed by atoms with van der Waals surface area (Å²) in [5, 5.41) is 6.19. The second kappa shape index (κ2) is 8.31. The third-order valence-electron chi connectivity index (χ3n) is 5.53. The molecule has 3 heterocycles. The zero-order valence-electron chi connectivity index (χ0n) is 15.9. The molecule has 2 aliphatic rings. The number of aromatic nitrogens is 1. The minimum atomic E-state index is -4.36. The Morgan fingerprint density at radius 3 is 2.55 bits per heavy atom. The molecule has 0 bridgehead atoms. The van der Waals surface area contributed by atoms with Gasteiger partial charge >= 0.3 is 6.18 Å². The summed E-state index contributed by atoms with van der Waals surface area (Å²) < 4.78 is 38.8. The number of hydrogen-bond acceptors (Lipinski definition) is 5. The number of carbonyl (C=O) groups is 1. The summed E-state index contributed by atoms with van der Waals surface area (Å²) in [6.07, 6.45) is -2.28. The van der Waals surface area contributed by atoms with Gasteiger partial charge in [-0.2, -0.15) is 13.2 Å². The number of benzene rings is 1. The zero-order valence-corrected chi connectivity index (χ0v) is 16.7. The van der Waals surface area contributed by atoms with E-state index < -0.39 is 11.7 Å². The van der Waals surface area contributed by atoms with Crippen LogP contribution < -0.4 is 10.2 Å². The van der Waals surface area contributed by atoms with Crippen molar-refractivity contribution < 1.29 is 18.0 Å². The second-order valence-corrected chi connectivity index (χ2v) is 8.31. The Labute approximate surface area is 171 Å². The first-order chi connectivity index (χ1) is 13.9. The Hall–Kier alpha value is -2.13. The maximum absolute atomic E-state index is 12.9. The zero-order chi connectivity index (χ0) is 20.4. The van der Waals surface area contributed by atoms with E-state index in [4.69, 9.17) is 0 Å². The second-order valence-electron chi connectivity index (χ2n) is 7.42. The van der Waals surface area contributed by atoms with Crippen LogP contribution in [0.15, 0.2) is 29.6 Å². The lowest BCUT2D eigenvalue weighted by Gasteiger charge is -2.36. The molecule has 2 saturated heterocycles. The molecule has 1 N–H and O–H groups in total. The number of alkyl halides is 3. The predicted octanol–water partition coefficient (Wildman–Crippen LogP) is 3.59. The number of halogens is 3. The van der Waals surface area contributed by atoms with E-state index in [9.17, 15) is 18.0 Å². The van der Waals surface area contributed by atoms with Gasteiger partial charge in [0.05, 0.1) is 10.6 Å². The van der Waals surface area contributed by atoms with Gasteiger partial charge in [-0.1, -0.05) is 6.07 Å². The largest absolute Gasteiger partial charge is 0.416 e. The van der Waals surface area contributed by atoms with Crippen LogP contribution in [0.2, 0.25) is 0 Å². The highest BCUT2D eigenvalue weighted by molar-refractivity contribution is 7.09. The highest BCUT2D eigenvalue weighted by atomic mass is 32.1. The van der Waals surface area contributed by atoms with Crippen LogP contribution in [-0.4, -0.2) is 55.1 Å². The molecule has 0 saturated carbocycles. The number of hydrogen-bond donors (Lipinski definition) is 1. The van der Waals surface area contributed by atoms with Crippen LogP contribution in [0.3, 0.4) is 0 Å². The molecule has 1 aromatic heterocycles. The van der Waals surface area contributed by atoms with Gasteiger partial charge in [0, 0.05) is 43.2 Å². The summed E-state index contributed by atoms with van der Waals surface area (Å²) in [7, 11) is 0. The number of amides is 1. The first-order valence-corrected chi connectivity index (χ1v) is 10.7. The van der Waals surface area contributed by atoms with Crippen LogP contribution in [0.25, 0.3) is 0 Å². The summed E-state index contributed by atoms with van der Waals surface area (Å²) >= 11 is 1.55. The lowest BCUT2D eigenvalue weighted by atomic mass is 9.99. The molecular weight excluding hydrogens is 401 g/mol. The molecule has 2 aliphatic heterocycles. The molecule has 1 aromatic carbocycles. The fraction of sp³-hybridized carbons (Fsp3) is 0.500. The standard InChI is InChI=1S/C20H23F3N4OS/c21-20(22,23)15-2-1-3-16(12-15)26-8-10-27(11-9-26)19(28)17-13-29-18(25-17)14-4-6-24-7-5-14/h1-3,12-14,24H,4-11H2. The molecule has 0 unspecified atom stereocenters. The summed E-state index contributed by atoms with van der Waals surface area (Å²) in [6, 6.07) is 5.35. The summed E-state index contributed by atoms with van der Waals surface area (Å²) in [6.45, 7) is 3.89. The summed E-state index contributed by atoms with van der Waals surface area (Å²) in [5.41, 5.74) is 0.367. The molecule has 9 heteroatoms. The van der Waals surface area contributed by atoms with Crippen molar-refractivity contribution in [2.24, 2.45) is 0 Å². The van der Waals surface area contributed by atoms with E-state index in [-0.39, 0.29) is 5.91 Å². The number of carbonyl (C=O) groups excluding carboxylic acids is 1. The van der Waals surface area contributed by atoms with Crippen molar-refractivity contribution in [1.82, 2.24) is 15.2 Å². The predicted molar refractivity (Wildman–Crippen MR) is 107 cm³/mol. The Bertz CT molecular complexity index is 855. The number of nitrogens with one attached hydrogen (secondary N) is 1. The highest BCUT2D eigenvalue weighted by Crippen LogP contribution is 2.32. The average molecular weight is 424 g/mol. The normalized spacial score (nSPS) is 18.9. The molecule has 156 valence electrons. The van der Waals surface area contributed by atoms with Crippen molar-refractivity contribution in [3.05, 3.63) is 45.9 Å². The number of anilines is 1. The van der Waals surface area contributed by atoms with Crippen LogP contribution in [0.5, 0.6) is 0 Å². The maximum Gasteiger partial charge on any atom is 0.416 e. The third kappa shape index (κ3) is 4.56. The first-order valence-electron chi connectivity index (χ1n) is 9.79. The fourth-order valence-electron chi connectivity index (χ4n) is 3.85. The van der Waals surface area contributed by atoms with Gasteiger partial charge in [-0.05, 0) is 44.1 Å². The van der Waals surface area contributed by atoms with Gasteiger partial charge in [0.15, 0.2) is 0 Å². The highest BCUT2D eigenvalue weighted by Gasteiger charge is 2.31. The number of piperidine rings is 1. The van der Waals surface area contributed by atoms with E-state index in [0.717, 1.165) is 37.0 Å².